The lowest BCUT2D eigenvalue weighted by atomic mass is 9.93. The standard InChI is InChI=1S/2C13H21N3O4.C11H17N3O4/c2*1-6-19-11-10(17)16(12(18)15(11)5)9-7-8(20-14-9)13(2,3)4;1-11(2,3)6-5-7(12-18-6)14-9(16)8(15)13(4)10(14)17/h2*7,10-11,17H,6H2,1-5H3;5,8-9,15-16H,1-4H3/t2*10?,11-;/m10./s1. The summed E-state index contributed by atoms with van der Waals surface area (Å²) in [6, 6.07) is 3.66. The number of nitrogens with zero attached hydrogens (tertiary/aromatic N) is 9. The minimum atomic E-state index is -1.35. The van der Waals surface area contributed by atoms with Crippen molar-refractivity contribution in [1.82, 2.24) is 30.2 Å². The number of rotatable bonds is 7. The molecule has 4 unspecified atom stereocenters. The first-order valence-electron chi connectivity index (χ1n) is 18.8. The van der Waals surface area contributed by atoms with Gasteiger partial charge in [0.1, 0.15) is 17.3 Å². The van der Waals surface area contributed by atoms with Gasteiger partial charge in [0.2, 0.25) is 0 Å². The predicted octanol–water partition coefficient (Wildman–Crippen LogP) is 3.53. The zero-order valence-electron chi connectivity index (χ0n) is 35.7. The molecule has 0 aliphatic carbocycles. The summed E-state index contributed by atoms with van der Waals surface area (Å²) in [5, 5.41) is 51.4. The van der Waals surface area contributed by atoms with Crippen molar-refractivity contribution in [1.29, 1.82) is 0 Å². The molecule has 3 aliphatic rings. The van der Waals surface area contributed by atoms with Crippen molar-refractivity contribution in [3.05, 3.63) is 35.5 Å². The molecule has 0 bridgehead atoms. The molecule has 324 valence electrons. The van der Waals surface area contributed by atoms with Gasteiger partial charge in [0.15, 0.2) is 54.8 Å². The molecule has 0 spiro atoms. The Morgan fingerprint density at radius 3 is 1.02 bits per heavy atom. The largest absolute Gasteiger partial charge is 0.369 e. The van der Waals surface area contributed by atoms with Crippen molar-refractivity contribution in [2.75, 3.05) is 49.1 Å². The van der Waals surface area contributed by atoms with Gasteiger partial charge in [-0.2, -0.15) is 0 Å². The van der Waals surface area contributed by atoms with E-state index in [-0.39, 0.29) is 34.1 Å². The van der Waals surface area contributed by atoms with E-state index in [9.17, 15) is 34.8 Å². The number of likely N-dealkylation sites (N-methyl/N-ethyl adjacent to an activating group) is 3. The van der Waals surface area contributed by atoms with Crippen molar-refractivity contribution < 1.29 is 57.9 Å². The lowest BCUT2D eigenvalue weighted by Gasteiger charge is -2.20. The van der Waals surface area contributed by atoms with Crippen molar-refractivity contribution in [2.24, 2.45) is 0 Å². The highest BCUT2D eigenvalue weighted by Crippen LogP contribution is 2.33. The van der Waals surface area contributed by atoms with Crippen LogP contribution in [0.5, 0.6) is 0 Å². The Bertz CT molecular complexity index is 1790. The van der Waals surface area contributed by atoms with E-state index in [4.69, 9.17) is 23.0 Å². The average Bonchev–Trinajstić information content (AvgIpc) is 3.99. The lowest BCUT2D eigenvalue weighted by molar-refractivity contribution is -0.0688. The zero-order chi connectivity index (χ0) is 43.8. The number of aliphatic hydroxyl groups is 4. The van der Waals surface area contributed by atoms with Gasteiger partial charge in [-0.3, -0.25) is 14.7 Å². The number of ether oxygens (including phenoxy) is 2. The van der Waals surface area contributed by atoms with Crippen LogP contribution in [0.4, 0.5) is 31.8 Å². The number of carbonyl (C=O) groups is 3. The van der Waals surface area contributed by atoms with E-state index in [1.807, 2.05) is 76.2 Å². The Morgan fingerprint density at radius 1 is 0.517 bits per heavy atom. The number of amides is 6. The van der Waals surface area contributed by atoms with E-state index in [1.165, 1.54) is 26.6 Å². The third-order valence-electron chi connectivity index (χ3n) is 9.38. The van der Waals surface area contributed by atoms with Gasteiger partial charge < -0.3 is 43.5 Å². The summed E-state index contributed by atoms with van der Waals surface area (Å²) < 4.78 is 26.4. The summed E-state index contributed by atoms with van der Waals surface area (Å²) in [7, 11) is 4.56. The van der Waals surface area contributed by atoms with Gasteiger partial charge in [-0.15, -0.1) is 0 Å². The summed E-state index contributed by atoms with van der Waals surface area (Å²) in [5.74, 6) is 2.68. The fraction of sp³-hybridized carbons (Fsp3) is 0.676. The van der Waals surface area contributed by atoms with Gasteiger partial charge >= 0.3 is 18.1 Å². The molecule has 6 rings (SSSR count). The summed E-state index contributed by atoms with van der Waals surface area (Å²) >= 11 is 0. The Kier molecular flexibility index (Phi) is 13.6. The summed E-state index contributed by atoms with van der Waals surface area (Å²) in [6.45, 7) is 22.1. The van der Waals surface area contributed by atoms with Gasteiger partial charge in [0.25, 0.3) is 0 Å². The van der Waals surface area contributed by atoms with Gasteiger partial charge in [-0.05, 0) is 13.8 Å². The average molecular weight is 822 g/mol. The molecular formula is C37H59N9O12. The van der Waals surface area contributed by atoms with E-state index in [2.05, 4.69) is 15.5 Å². The first-order valence-corrected chi connectivity index (χ1v) is 18.8. The summed E-state index contributed by atoms with van der Waals surface area (Å²) in [6.07, 6.45) is -6.24. The Balaban J connectivity index is 0.000000193. The molecule has 6 amide bonds. The van der Waals surface area contributed by atoms with E-state index in [0.717, 1.165) is 9.80 Å². The second kappa shape index (κ2) is 17.2. The number of hydrogen-bond donors (Lipinski definition) is 4. The van der Waals surface area contributed by atoms with Gasteiger partial charge in [-0.1, -0.05) is 77.8 Å². The third kappa shape index (κ3) is 9.24. The van der Waals surface area contributed by atoms with Crippen molar-refractivity contribution >= 4 is 35.5 Å². The predicted molar refractivity (Wildman–Crippen MR) is 207 cm³/mol. The van der Waals surface area contributed by atoms with Crippen LogP contribution in [0.3, 0.4) is 0 Å². The Hall–Kier alpha value is -4.80. The van der Waals surface area contributed by atoms with E-state index in [1.54, 1.807) is 32.3 Å². The molecule has 0 saturated carbocycles. The number of aliphatic hydroxyl groups excluding tert-OH is 4. The lowest BCUT2D eigenvalue weighted by Crippen LogP contribution is -2.38. The van der Waals surface area contributed by atoms with E-state index in [0.29, 0.717) is 42.1 Å². The molecule has 3 aliphatic heterocycles. The molecule has 6 atom stereocenters. The van der Waals surface area contributed by atoms with Crippen LogP contribution in [0, 0.1) is 0 Å². The molecule has 3 saturated heterocycles. The van der Waals surface area contributed by atoms with Crippen molar-refractivity contribution in [2.45, 2.75) is 130 Å². The molecule has 3 aromatic rings. The second-order valence-corrected chi connectivity index (χ2v) is 17.0. The third-order valence-corrected chi connectivity index (χ3v) is 9.38. The van der Waals surface area contributed by atoms with Crippen LogP contribution in [0.15, 0.2) is 31.8 Å². The summed E-state index contributed by atoms with van der Waals surface area (Å²) in [5.41, 5.74) is -0.683. The van der Waals surface area contributed by atoms with Crippen LogP contribution >= 0.6 is 0 Å². The van der Waals surface area contributed by atoms with Crippen LogP contribution in [-0.4, -0.2) is 140 Å². The minimum Gasteiger partial charge on any atom is -0.369 e. The maximum atomic E-state index is 12.2. The SMILES string of the molecule is CCO[C@@H]1C(O)N(c2cc(C(C)(C)C)on2)C(=O)N1C.CCO[C@H]1C(O)N(c2cc(C(C)(C)C)on2)C(=O)N1C.CN1C(=O)N(c2cc(C(C)(C)C)on2)C(O)C1O. The number of hydrogen-bond acceptors (Lipinski definition) is 15. The fourth-order valence-electron chi connectivity index (χ4n) is 5.80. The highest BCUT2D eigenvalue weighted by molar-refractivity contribution is 5.95. The molecule has 6 heterocycles. The quantitative estimate of drug-likeness (QED) is 0.266. The molecule has 21 nitrogen and oxygen atoms in total. The normalized spacial score (nSPS) is 24.2. The Morgan fingerprint density at radius 2 is 0.793 bits per heavy atom. The molecule has 3 fully saturated rings. The first-order chi connectivity index (χ1) is 26.8. The van der Waals surface area contributed by atoms with Crippen LogP contribution in [0.2, 0.25) is 0 Å². The number of urea groups is 3. The van der Waals surface area contributed by atoms with Crippen LogP contribution < -0.4 is 14.7 Å². The molecule has 58 heavy (non-hydrogen) atoms. The number of anilines is 3. The molecule has 0 radical (unpaired) electrons. The van der Waals surface area contributed by atoms with Crippen molar-refractivity contribution in [3.8, 4) is 0 Å². The zero-order valence-corrected chi connectivity index (χ0v) is 35.7. The molecular weight excluding hydrogens is 762 g/mol. The summed E-state index contributed by atoms with van der Waals surface area (Å²) in [4.78, 5) is 43.3. The van der Waals surface area contributed by atoms with Crippen molar-refractivity contribution in [3.63, 3.8) is 0 Å². The topological polar surface area (TPSA) is 248 Å². The van der Waals surface area contributed by atoms with Gasteiger partial charge in [0, 0.05) is 68.8 Å². The maximum absolute atomic E-state index is 12.2. The van der Waals surface area contributed by atoms with Crippen LogP contribution in [0.25, 0.3) is 0 Å². The van der Waals surface area contributed by atoms with Crippen LogP contribution in [0.1, 0.15) is 93.4 Å². The molecule has 3 aromatic heterocycles. The van der Waals surface area contributed by atoms with E-state index >= 15 is 0 Å². The number of carbonyl (C=O) groups excluding carboxylic acids is 3. The molecule has 0 aromatic carbocycles. The molecule has 21 heteroatoms. The van der Waals surface area contributed by atoms with E-state index < -0.39 is 43.4 Å². The van der Waals surface area contributed by atoms with Gasteiger partial charge in [0.05, 0.1) is 0 Å². The van der Waals surface area contributed by atoms with Crippen LogP contribution in [-0.2, 0) is 25.7 Å². The van der Waals surface area contributed by atoms with Gasteiger partial charge in [-0.25, -0.2) is 29.1 Å². The monoisotopic (exact) mass is 821 g/mol. The smallest absolute Gasteiger partial charge is 0.330 e. The Labute approximate surface area is 337 Å². The fourth-order valence-corrected chi connectivity index (χ4v) is 5.80. The second-order valence-electron chi connectivity index (χ2n) is 17.0. The first kappa shape index (κ1) is 45.9. The highest BCUT2D eigenvalue weighted by atomic mass is 16.5. The molecule has 4 N–H and O–H groups in total. The number of aromatic nitrogens is 3. The minimum absolute atomic E-state index is 0.195. The highest BCUT2D eigenvalue weighted by Gasteiger charge is 2.48. The maximum Gasteiger partial charge on any atom is 0.330 e.